The number of rotatable bonds is 5. The van der Waals surface area contributed by atoms with Gasteiger partial charge in [-0.2, -0.15) is 0 Å². The van der Waals surface area contributed by atoms with E-state index in [-0.39, 0.29) is 5.91 Å². The normalized spacial score (nSPS) is 17.9. The van der Waals surface area contributed by atoms with Crippen LogP contribution in [-0.4, -0.2) is 43.9 Å². The molecule has 1 saturated heterocycles. The SMILES string of the molecule is CC(C)c1ccc(-n2cnnc2SCC(=O)N2CCCCC2C)cc1. The molecule has 0 aliphatic carbocycles. The van der Waals surface area contributed by atoms with Crippen LogP contribution in [0.15, 0.2) is 35.7 Å². The molecule has 0 N–H and O–H groups in total. The first-order valence-corrected chi connectivity index (χ1v) is 9.97. The molecular formula is C19H26N4OS. The maximum absolute atomic E-state index is 12.5. The number of piperidine rings is 1. The zero-order chi connectivity index (χ0) is 17.8. The summed E-state index contributed by atoms with van der Waals surface area (Å²) < 4.78 is 1.95. The molecule has 134 valence electrons. The number of hydrogen-bond acceptors (Lipinski definition) is 4. The third-order valence-corrected chi connectivity index (χ3v) is 5.73. The number of carbonyl (C=O) groups is 1. The summed E-state index contributed by atoms with van der Waals surface area (Å²) in [5.74, 6) is 1.11. The molecule has 1 fully saturated rings. The first kappa shape index (κ1) is 18.0. The predicted octanol–water partition coefficient (Wildman–Crippen LogP) is 3.88. The lowest BCUT2D eigenvalue weighted by atomic mass is 10.0. The van der Waals surface area contributed by atoms with Crippen LogP contribution in [0.25, 0.3) is 5.69 Å². The van der Waals surface area contributed by atoms with Crippen molar-refractivity contribution in [2.45, 2.75) is 57.1 Å². The van der Waals surface area contributed by atoms with E-state index < -0.39 is 0 Å². The number of hydrogen-bond donors (Lipinski definition) is 0. The second kappa shape index (κ2) is 8.04. The smallest absolute Gasteiger partial charge is 0.233 e. The molecule has 1 aromatic heterocycles. The number of benzene rings is 1. The Kier molecular flexibility index (Phi) is 5.78. The van der Waals surface area contributed by atoms with E-state index in [2.05, 4.69) is 55.2 Å². The van der Waals surface area contributed by atoms with Crippen LogP contribution in [0.3, 0.4) is 0 Å². The van der Waals surface area contributed by atoms with Crippen LogP contribution in [-0.2, 0) is 4.79 Å². The second-order valence-corrected chi connectivity index (χ2v) is 7.89. The highest BCUT2D eigenvalue weighted by Crippen LogP contribution is 2.23. The summed E-state index contributed by atoms with van der Waals surface area (Å²) in [4.78, 5) is 14.5. The number of amides is 1. The summed E-state index contributed by atoms with van der Waals surface area (Å²) in [7, 11) is 0. The van der Waals surface area contributed by atoms with Gasteiger partial charge in [-0.05, 0) is 49.8 Å². The van der Waals surface area contributed by atoms with Crippen molar-refractivity contribution in [1.29, 1.82) is 0 Å². The van der Waals surface area contributed by atoms with Gasteiger partial charge in [0.05, 0.1) is 5.75 Å². The minimum absolute atomic E-state index is 0.196. The molecule has 5 nitrogen and oxygen atoms in total. The van der Waals surface area contributed by atoms with E-state index in [4.69, 9.17) is 0 Å². The highest BCUT2D eigenvalue weighted by Gasteiger charge is 2.23. The third kappa shape index (κ3) is 4.24. The molecule has 1 amide bonds. The molecule has 25 heavy (non-hydrogen) atoms. The molecule has 1 aliphatic heterocycles. The lowest BCUT2D eigenvalue weighted by molar-refractivity contribution is -0.131. The maximum atomic E-state index is 12.5. The summed E-state index contributed by atoms with van der Waals surface area (Å²) in [5.41, 5.74) is 2.33. The molecule has 3 rings (SSSR count). The van der Waals surface area contributed by atoms with Crippen molar-refractivity contribution in [2.24, 2.45) is 0 Å². The highest BCUT2D eigenvalue weighted by molar-refractivity contribution is 7.99. The van der Waals surface area contributed by atoms with Crippen molar-refractivity contribution < 1.29 is 4.79 Å². The van der Waals surface area contributed by atoms with Gasteiger partial charge in [-0.25, -0.2) is 0 Å². The Labute approximate surface area is 153 Å². The van der Waals surface area contributed by atoms with Crippen LogP contribution in [0.1, 0.15) is 51.5 Å². The number of nitrogens with zero attached hydrogens (tertiary/aromatic N) is 4. The Morgan fingerprint density at radius 2 is 2.04 bits per heavy atom. The molecule has 1 aromatic carbocycles. The number of likely N-dealkylation sites (tertiary alicyclic amines) is 1. The van der Waals surface area contributed by atoms with Gasteiger partial charge in [0.2, 0.25) is 5.91 Å². The Hall–Kier alpha value is -1.82. The highest BCUT2D eigenvalue weighted by atomic mass is 32.2. The third-order valence-electron chi connectivity index (χ3n) is 4.80. The quantitative estimate of drug-likeness (QED) is 0.761. The Bertz CT molecular complexity index is 710. The van der Waals surface area contributed by atoms with E-state index in [9.17, 15) is 4.79 Å². The van der Waals surface area contributed by atoms with Crippen LogP contribution in [0.2, 0.25) is 0 Å². The number of aromatic nitrogens is 3. The monoisotopic (exact) mass is 358 g/mol. The predicted molar refractivity (Wildman–Crippen MR) is 101 cm³/mol. The summed E-state index contributed by atoms with van der Waals surface area (Å²) in [5, 5.41) is 8.98. The first-order valence-electron chi connectivity index (χ1n) is 8.99. The van der Waals surface area contributed by atoms with Gasteiger partial charge >= 0.3 is 0 Å². The number of carbonyl (C=O) groups excluding carboxylic acids is 1. The van der Waals surface area contributed by atoms with Gasteiger partial charge in [0, 0.05) is 18.3 Å². The number of thioether (sulfide) groups is 1. The molecule has 1 atom stereocenters. The Morgan fingerprint density at radius 1 is 1.28 bits per heavy atom. The fourth-order valence-corrected chi connectivity index (χ4v) is 4.01. The fraction of sp³-hybridized carbons (Fsp3) is 0.526. The van der Waals surface area contributed by atoms with Gasteiger partial charge < -0.3 is 4.90 Å². The largest absolute Gasteiger partial charge is 0.339 e. The van der Waals surface area contributed by atoms with Gasteiger partial charge in [0.15, 0.2) is 5.16 Å². The Balaban J connectivity index is 1.66. The van der Waals surface area contributed by atoms with Crippen molar-refractivity contribution in [3.63, 3.8) is 0 Å². The zero-order valence-corrected chi connectivity index (χ0v) is 16.0. The van der Waals surface area contributed by atoms with E-state index >= 15 is 0 Å². The standard InChI is InChI=1S/C19H26N4OS/c1-14(2)16-7-9-17(10-8-16)23-13-20-21-19(23)25-12-18(24)22-11-5-4-6-15(22)3/h7-10,13-15H,4-6,11-12H2,1-3H3. The van der Waals surface area contributed by atoms with E-state index in [1.807, 2.05) is 9.47 Å². The molecule has 0 bridgehead atoms. The topological polar surface area (TPSA) is 51.0 Å². The summed E-state index contributed by atoms with van der Waals surface area (Å²) in [6, 6.07) is 8.78. The lowest BCUT2D eigenvalue weighted by Crippen LogP contribution is -2.42. The molecular weight excluding hydrogens is 332 g/mol. The summed E-state index contributed by atoms with van der Waals surface area (Å²) >= 11 is 1.46. The molecule has 0 saturated carbocycles. The van der Waals surface area contributed by atoms with E-state index in [1.165, 1.54) is 23.7 Å². The van der Waals surface area contributed by atoms with E-state index in [0.29, 0.717) is 17.7 Å². The van der Waals surface area contributed by atoms with E-state index in [1.54, 1.807) is 6.33 Å². The lowest BCUT2D eigenvalue weighted by Gasteiger charge is -2.33. The molecule has 2 heterocycles. The van der Waals surface area contributed by atoms with Crippen molar-refractivity contribution in [1.82, 2.24) is 19.7 Å². The molecule has 1 aliphatic rings. The minimum Gasteiger partial charge on any atom is -0.339 e. The molecule has 0 spiro atoms. The molecule has 6 heteroatoms. The zero-order valence-electron chi connectivity index (χ0n) is 15.2. The first-order chi connectivity index (χ1) is 12.1. The van der Waals surface area contributed by atoms with Gasteiger partial charge in [-0.15, -0.1) is 10.2 Å². The van der Waals surface area contributed by atoms with Gasteiger partial charge in [-0.3, -0.25) is 9.36 Å². The Morgan fingerprint density at radius 3 is 2.72 bits per heavy atom. The van der Waals surface area contributed by atoms with Crippen LogP contribution < -0.4 is 0 Å². The van der Waals surface area contributed by atoms with Crippen LogP contribution in [0.5, 0.6) is 0 Å². The fourth-order valence-electron chi connectivity index (χ4n) is 3.20. The molecule has 1 unspecified atom stereocenters. The second-order valence-electron chi connectivity index (χ2n) is 6.95. The minimum atomic E-state index is 0.196. The maximum Gasteiger partial charge on any atom is 0.233 e. The summed E-state index contributed by atoms with van der Waals surface area (Å²) in [6.45, 7) is 7.38. The van der Waals surface area contributed by atoms with Gasteiger partial charge in [0.25, 0.3) is 0 Å². The van der Waals surface area contributed by atoms with Gasteiger partial charge in [0.1, 0.15) is 6.33 Å². The average molecular weight is 359 g/mol. The van der Waals surface area contributed by atoms with E-state index in [0.717, 1.165) is 30.2 Å². The van der Waals surface area contributed by atoms with Crippen LogP contribution in [0.4, 0.5) is 0 Å². The van der Waals surface area contributed by atoms with Crippen molar-refractivity contribution in [3.8, 4) is 5.69 Å². The van der Waals surface area contributed by atoms with Crippen LogP contribution >= 0.6 is 11.8 Å². The molecule has 0 radical (unpaired) electrons. The van der Waals surface area contributed by atoms with Crippen molar-refractivity contribution in [3.05, 3.63) is 36.2 Å². The van der Waals surface area contributed by atoms with Crippen LogP contribution in [0, 0.1) is 0 Å². The van der Waals surface area contributed by atoms with Gasteiger partial charge in [-0.1, -0.05) is 37.7 Å². The molecule has 2 aromatic rings. The summed E-state index contributed by atoms with van der Waals surface area (Å²) in [6.07, 6.45) is 5.15. The average Bonchev–Trinajstić information content (AvgIpc) is 3.08. The van der Waals surface area contributed by atoms with Crippen molar-refractivity contribution >= 4 is 17.7 Å². The van der Waals surface area contributed by atoms with Crippen molar-refractivity contribution in [2.75, 3.05) is 12.3 Å².